The van der Waals surface area contributed by atoms with E-state index < -0.39 is 0 Å². The van der Waals surface area contributed by atoms with E-state index in [1.54, 1.807) is 0 Å². The van der Waals surface area contributed by atoms with Crippen LogP contribution < -0.4 is 0 Å². The van der Waals surface area contributed by atoms with Gasteiger partial charge in [0, 0.05) is 50.4 Å². The fourth-order valence-corrected chi connectivity index (χ4v) is 8.22. The Morgan fingerprint density at radius 3 is 1.41 bits per heavy atom. The van der Waals surface area contributed by atoms with Gasteiger partial charge in [-0.3, -0.25) is 0 Å². The van der Waals surface area contributed by atoms with Crippen LogP contribution in [0.4, 0.5) is 0 Å². The molecule has 0 radical (unpaired) electrons. The summed E-state index contributed by atoms with van der Waals surface area (Å²) in [6, 6.07) is 72.5. The summed E-state index contributed by atoms with van der Waals surface area (Å²) in [5, 5.41) is 3.55. The minimum atomic E-state index is 0.620. The number of nitrogens with zero attached hydrogens (tertiary/aromatic N) is 5. The molecule has 0 aliphatic rings. The summed E-state index contributed by atoms with van der Waals surface area (Å²) < 4.78 is 4.77. The molecule has 272 valence electrons. The summed E-state index contributed by atoms with van der Waals surface area (Å²) >= 11 is 0. The van der Waals surface area contributed by atoms with E-state index in [4.69, 9.17) is 15.0 Å². The lowest BCUT2D eigenvalue weighted by Crippen LogP contribution is -2.01. The molecule has 3 aromatic heterocycles. The van der Waals surface area contributed by atoms with Crippen LogP contribution >= 0.6 is 0 Å². The lowest BCUT2D eigenvalue weighted by Gasteiger charge is -2.15. The van der Waals surface area contributed by atoms with E-state index in [0.717, 1.165) is 50.0 Å². The Kier molecular flexibility index (Phi) is 8.07. The van der Waals surface area contributed by atoms with Crippen molar-refractivity contribution in [2.24, 2.45) is 0 Å². The molecule has 3 heterocycles. The molecule has 0 aliphatic heterocycles. The molecule has 5 nitrogen and oxygen atoms in total. The average molecular weight is 742 g/mol. The highest BCUT2D eigenvalue weighted by molar-refractivity contribution is 6.18. The zero-order valence-corrected chi connectivity index (χ0v) is 31.4. The largest absolute Gasteiger partial charge is 0.315 e. The quantitative estimate of drug-likeness (QED) is 0.163. The van der Waals surface area contributed by atoms with Crippen molar-refractivity contribution >= 4 is 32.7 Å². The van der Waals surface area contributed by atoms with Crippen molar-refractivity contribution in [1.29, 1.82) is 0 Å². The third kappa shape index (κ3) is 5.85. The van der Waals surface area contributed by atoms with Crippen molar-refractivity contribution in [1.82, 2.24) is 24.1 Å². The van der Waals surface area contributed by atoms with Crippen molar-refractivity contribution < 1.29 is 0 Å². The van der Waals surface area contributed by atoms with Crippen molar-refractivity contribution in [2.45, 2.75) is 0 Å². The average Bonchev–Trinajstić information content (AvgIpc) is 3.90. The first-order valence-corrected chi connectivity index (χ1v) is 19.5. The van der Waals surface area contributed by atoms with Crippen LogP contribution in [-0.4, -0.2) is 24.1 Å². The highest BCUT2D eigenvalue weighted by atomic mass is 15.0. The van der Waals surface area contributed by atoms with Gasteiger partial charge in [-0.25, -0.2) is 15.0 Å². The van der Waals surface area contributed by atoms with Crippen molar-refractivity contribution in [3.63, 3.8) is 0 Å². The van der Waals surface area contributed by atoms with Crippen LogP contribution in [0.5, 0.6) is 0 Å². The van der Waals surface area contributed by atoms with Gasteiger partial charge in [0.2, 0.25) is 0 Å². The van der Waals surface area contributed by atoms with E-state index in [0.29, 0.717) is 17.5 Å². The Morgan fingerprint density at radius 1 is 0.310 bits per heavy atom. The normalized spacial score (nSPS) is 11.4. The second kappa shape index (κ2) is 14.0. The fraction of sp³-hybridized carbons (Fsp3) is 0. The monoisotopic (exact) mass is 741 g/mol. The van der Waals surface area contributed by atoms with E-state index in [1.807, 2.05) is 60.7 Å². The van der Waals surface area contributed by atoms with Gasteiger partial charge in [0.05, 0.1) is 16.6 Å². The minimum Gasteiger partial charge on any atom is -0.315 e. The van der Waals surface area contributed by atoms with Crippen molar-refractivity contribution in [3.8, 4) is 67.8 Å². The third-order valence-corrected chi connectivity index (χ3v) is 11.0. The van der Waals surface area contributed by atoms with E-state index in [1.165, 1.54) is 33.0 Å². The molecule has 0 saturated carbocycles. The molecule has 0 aliphatic carbocycles. The molecule has 11 rings (SSSR count). The van der Waals surface area contributed by atoms with Crippen molar-refractivity contribution in [3.05, 3.63) is 212 Å². The van der Waals surface area contributed by atoms with Crippen LogP contribution in [-0.2, 0) is 0 Å². The number of hydrogen-bond donors (Lipinski definition) is 0. The Bertz CT molecular complexity index is 3140. The Hall–Kier alpha value is -7.89. The molecular formula is C53H35N5. The van der Waals surface area contributed by atoms with Gasteiger partial charge in [0.15, 0.2) is 17.5 Å². The summed E-state index contributed by atoms with van der Waals surface area (Å²) in [5.41, 5.74) is 13.0. The molecular weight excluding hydrogens is 707 g/mol. The molecule has 11 aromatic rings. The first-order chi connectivity index (χ1) is 28.7. The van der Waals surface area contributed by atoms with E-state index >= 15 is 0 Å². The van der Waals surface area contributed by atoms with Gasteiger partial charge < -0.3 is 9.13 Å². The Labute approximate surface area is 335 Å². The summed E-state index contributed by atoms with van der Waals surface area (Å²) in [5.74, 6) is 1.90. The summed E-state index contributed by atoms with van der Waals surface area (Å²) in [7, 11) is 0. The van der Waals surface area contributed by atoms with Crippen LogP contribution in [0.2, 0.25) is 0 Å². The zero-order chi connectivity index (χ0) is 38.4. The molecule has 0 N–H and O–H groups in total. The predicted octanol–water partition coefficient (Wildman–Crippen LogP) is 13.2. The highest BCUT2D eigenvalue weighted by Crippen LogP contribution is 2.40. The maximum atomic E-state index is 5.07. The molecule has 8 aromatic carbocycles. The Balaban J connectivity index is 1.14. The number of para-hydroxylation sites is 1. The number of aromatic nitrogens is 5. The van der Waals surface area contributed by atoms with Crippen LogP contribution in [0.3, 0.4) is 0 Å². The molecule has 0 spiro atoms. The highest BCUT2D eigenvalue weighted by Gasteiger charge is 2.20. The SMILES string of the molecule is c1ccc(-c2cc(-c3ccccc3)cc(-n3ccc4ccc5c6ccccc6n(-c6cccc(-c7nc(-c8ccccc8)nc(-c8ccccc8)n7)c6)c5c43)c2)cc1. The zero-order valence-electron chi connectivity index (χ0n) is 31.4. The minimum absolute atomic E-state index is 0.620. The third-order valence-electron chi connectivity index (χ3n) is 11.0. The second-order valence-electron chi connectivity index (χ2n) is 14.5. The molecule has 0 fully saturated rings. The lowest BCUT2D eigenvalue weighted by atomic mass is 9.98. The topological polar surface area (TPSA) is 48.5 Å². The van der Waals surface area contributed by atoms with Gasteiger partial charge in [-0.1, -0.05) is 164 Å². The predicted molar refractivity (Wildman–Crippen MR) is 238 cm³/mol. The first kappa shape index (κ1) is 33.4. The number of fused-ring (bicyclic) bond motifs is 5. The summed E-state index contributed by atoms with van der Waals surface area (Å²) in [4.78, 5) is 15.1. The van der Waals surface area contributed by atoms with Gasteiger partial charge in [0.25, 0.3) is 0 Å². The van der Waals surface area contributed by atoms with E-state index in [2.05, 4.69) is 161 Å². The van der Waals surface area contributed by atoms with Crippen molar-refractivity contribution in [2.75, 3.05) is 0 Å². The second-order valence-corrected chi connectivity index (χ2v) is 14.5. The van der Waals surface area contributed by atoms with Gasteiger partial charge in [-0.2, -0.15) is 0 Å². The molecule has 5 heteroatoms. The van der Waals surface area contributed by atoms with Gasteiger partial charge >= 0.3 is 0 Å². The van der Waals surface area contributed by atoms with Gasteiger partial charge in [0.1, 0.15) is 0 Å². The lowest BCUT2D eigenvalue weighted by molar-refractivity contribution is 1.07. The van der Waals surface area contributed by atoms with E-state index in [-0.39, 0.29) is 0 Å². The Morgan fingerprint density at radius 2 is 0.810 bits per heavy atom. The smallest absolute Gasteiger partial charge is 0.164 e. The molecule has 0 bridgehead atoms. The van der Waals surface area contributed by atoms with E-state index in [9.17, 15) is 0 Å². The van der Waals surface area contributed by atoms with Gasteiger partial charge in [-0.05, 0) is 64.7 Å². The van der Waals surface area contributed by atoms with Gasteiger partial charge in [-0.15, -0.1) is 0 Å². The number of rotatable bonds is 7. The maximum absolute atomic E-state index is 5.07. The fourth-order valence-electron chi connectivity index (χ4n) is 8.22. The van der Waals surface area contributed by atoms with Crippen LogP contribution in [0.25, 0.3) is 101 Å². The summed E-state index contributed by atoms with van der Waals surface area (Å²) in [6.45, 7) is 0. The number of benzene rings is 8. The standard InChI is InChI=1S/C53H35N5/c1-5-16-36(17-6-1)42-32-43(37-18-7-2-8-19-37)35-45(34-42)57-31-30-38-28-29-47-46-26-13-14-27-48(46)58(50(47)49(38)57)44-25-15-24-41(33-44)53-55-51(39-20-9-3-10-21-39)54-52(56-53)40-22-11-4-12-23-40/h1-35H. The molecule has 0 amide bonds. The molecule has 0 unspecified atom stereocenters. The van der Waals surface area contributed by atoms with Crippen LogP contribution in [0.15, 0.2) is 212 Å². The first-order valence-electron chi connectivity index (χ1n) is 19.5. The maximum Gasteiger partial charge on any atom is 0.164 e. The van der Waals surface area contributed by atoms with Crippen LogP contribution in [0.1, 0.15) is 0 Å². The molecule has 0 saturated heterocycles. The number of hydrogen-bond acceptors (Lipinski definition) is 3. The van der Waals surface area contributed by atoms with Crippen LogP contribution in [0, 0.1) is 0 Å². The summed E-state index contributed by atoms with van der Waals surface area (Å²) in [6.07, 6.45) is 2.21. The molecule has 58 heavy (non-hydrogen) atoms. The molecule has 0 atom stereocenters.